The minimum absolute atomic E-state index is 0.0556. The first-order valence-electron chi connectivity index (χ1n) is 8.70. The van der Waals surface area contributed by atoms with Crippen LogP contribution in [-0.4, -0.2) is 41.8 Å². The lowest BCUT2D eigenvalue weighted by molar-refractivity contribution is -0.130. The average Bonchev–Trinajstić information content (AvgIpc) is 3.44. The number of piperidine rings is 1. The smallest absolute Gasteiger partial charge is 0.251 e. The third-order valence-corrected chi connectivity index (χ3v) is 4.64. The van der Waals surface area contributed by atoms with Crippen molar-refractivity contribution >= 4 is 23.8 Å². The number of hydrogen-bond donors (Lipinski definition) is 2. The minimum Gasteiger partial charge on any atom is -0.369 e. The second kappa shape index (κ2) is 7.51. The van der Waals surface area contributed by atoms with E-state index in [4.69, 9.17) is 5.73 Å². The molecular formula is C19H23N3O3. The summed E-state index contributed by atoms with van der Waals surface area (Å²) in [5.41, 5.74) is 6.81. The van der Waals surface area contributed by atoms with Gasteiger partial charge < -0.3 is 16.0 Å². The zero-order valence-corrected chi connectivity index (χ0v) is 14.1. The van der Waals surface area contributed by atoms with Crippen LogP contribution in [0, 0.1) is 5.92 Å². The van der Waals surface area contributed by atoms with E-state index >= 15 is 0 Å². The molecule has 1 aliphatic carbocycles. The van der Waals surface area contributed by atoms with Crippen LogP contribution in [0.4, 0.5) is 0 Å². The van der Waals surface area contributed by atoms with Crippen LogP contribution in [0.3, 0.4) is 0 Å². The number of nitrogens with two attached hydrogens (primary N) is 1. The molecule has 132 valence electrons. The van der Waals surface area contributed by atoms with E-state index in [1.54, 1.807) is 23.1 Å². The van der Waals surface area contributed by atoms with Crippen LogP contribution in [0.1, 0.15) is 41.6 Å². The predicted octanol–water partition coefficient (Wildman–Crippen LogP) is 1.32. The summed E-state index contributed by atoms with van der Waals surface area (Å²) in [7, 11) is 0. The topological polar surface area (TPSA) is 92.5 Å². The van der Waals surface area contributed by atoms with E-state index in [1.807, 2.05) is 12.1 Å². The maximum Gasteiger partial charge on any atom is 0.251 e. The number of carbonyl (C=O) groups excluding carboxylic acids is 3. The Balaban J connectivity index is 1.56. The monoisotopic (exact) mass is 341 g/mol. The SMILES string of the molecule is NC(=O)[C@@H]1CCCN(C(=O)/C=C/c2ccc(C(=O)NC3CC3)cc2)C1. The highest BCUT2D eigenvalue weighted by Crippen LogP contribution is 2.19. The Labute approximate surface area is 147 Å². The Hall–Kier alpha value is -2.63. The predicted molar refractivity (Wildman–Crippen MR) is 94.5 cm³/mol. The molecule has 0 bridgehead atoms. The summed E-state index contributed by atoms with van der Waals surface area (Å²) in [6.07, 6.45) is 6.87. The maximum absolute atomic E-state index is 12.3. The third-order valence-electron chi connectivity index (χ3n) is 4.64. The molecule has 1 saturated heterocycles. The number of primary amides is 1. The Morgan fingerprint density at radius 2 is 1.84 bits per heavy atom. The second-order valence-electron chi connectivity index (χ2n) is 6.73. The number of amides is 3. The molecule has 3 amide bonds. The number of benzene rings is 1. The van der Waals surface area contributed by atoms with Crippen LogP contribution in [0.25, 0.3) is 6.08 Å². The van der Waals surface area contributed by atoms with Gasteiger partial charge in [0.1, 0.15) is 0 Å². The van der Waals surface area contributed by atoms with Crippen molar-refractivity contribution in [3.05, 3.63) is 41.5 Å². The van der Waals surface area contributed by atoms with Crippen molar-refractivity contribution in [2.24, 2.45) is 11.7 Å². The first-order valence-corrected chi connectivity index (χ1v) is 8.70. The number of likely N-dealkylation sites (tertiary alicyclic amines) is 1. The van der Waals surface area contributed by atoms with Crippen molar-refractivity contribution in [3.63, 3.8) is 0 Å². The van der Waals surface area contributed by atoms with Crippen molar-refractivity contribution in [2.75, 3.05) is 13.1 Å². The van der Waals surface area contributed by atoms with Gasteiger partial charge in [-0.15, -0.1) is 0 Å². The van der Waals surface area contributed by atoms with Crippen LogP contribution in [0.15, 0.2) is 30.3 Å². The van der Waals surface area contributed by atoms with Gasteiger partial charge in [0.25, 0.3) is 5.91 Å². The van der Waals surface area contributed by atoms with Gasteiger partial charge in [-0.1, -0.05) is 12.1 Å². The zero-order chi connectivity index (χ0) is 17.8. The van der Waals surface area contributed by atoms with E-state index in [-0.39, 0.29) is 23.6 Å². The molecule has 0 spiro atoms. The Bertz CT molecular complexity index is 692. The summed E-state index contributed by atoms with van der Waals surface area (Å²) in [5, 5.41) is 2.94. The molecule has 2 fully saturated rings. The summed E-state index contributed by atoms with van der Waals surface area (Å²) in [6, 6.07) is 7.47. The molecule has 1 atom stereocenters. The fourth-order valence-electron chi connectivity index (χ4n) is 2.92. The number of hydrogen-bond acceptors (Lipinski definition) is 3. The standard InChI is InChI=1S/C19H23N3O3/c20-18(24)15-2-1-11-22(12-15)17(23)10-5-13-3-6-14(7-4-13)19(25)21-16-8-9-16/h3-7,10,15-16H,1-2,8-9,11-12H2,(H2,20,24)(H,21,25)/b10-5+/t15-/m1/s1. The second-order valence-corrected chi connectivity index (χ2v) is 6.73. The van der Waals surface area contributed by atoms with Gasteiger partial charge in [0.05, 0.1) is 5.92 Å². The van der Waals surface area contributed by atoms with Crippen molar-refractivity contribution in [1.82, 2.24) is 10.2 Å². The number of carbonyl (C=O) groups is 3. The number of nitrogens with one attached hydrogen (secondary N) is 1. The molecule has 1 heterocycles. The van der Waals surface area contributed by atoms with Crippen LogP contribution < -0.4 is 11.1 Å². The summed E-state index contributed by atoms with van der Waals surface area (Å²) in [6.45, 7) is 1.03. The highest BCUT2D eigenvalue weighted by Gasteiger charge is 2.26. The summed E-state index contributed by atoms with van der Waals surface area (Å²) < 4.78 is 0. The lowest BCUT2D eigenvalue weighted by atomic mass is 9.97. The molecule has 1 aliphatic heterocycles. The molecule has 6 nitrogen and oxygen atoms in total. The van der Waals surface area contributed by atoms with E-state index in [9.17, 15) is 14.4 Å². The molecule has 25 heavy (non-hydrogen) atoms. The fraction of sp³-hybridized carbons (Fsp3) is 0.421. The van der Waals surface area contributed by atoms with Crippen molar-refractivity contribution in [3.8, 4) is 0 Å². The third kappa shape index (κ3) is 4.68. The average molecular weight is 341 g/mol. The van der Waals surface area contributed by atoms with Gasteiger partial charge in [-0.05, 0) is 49.5 Å². The Morgan fingerprint density at radius 3 is 2.48 bits per heavy atom. The van der Waals surface area contributed by atoms with Gasteiger partial charge >= 0.3 is 0 Å². The highest BCUT2D eigenvalue weighted by molar-refractivity contribution is 5.95. The van der Waals surface area contributed by atoms with Crippen molar-refractivity contribution in [2.45, 2.75) is 31.7 Å². The van der Waals surface area contributed by atoms with E-state index in [2.05, 4.69) is 5.32 Å². The van der Waals surface area contributed by atoms with E-state index in [0.717, 1.165) is 31.2 Å². The fourth-order valence-corrected chi connectivity index (χ4v) is 2.92. The Morgan fingerprint density at radius 1 is 1.12 bits per heavy atom. The molecular weight excluding hydrogens is 318 g/mol. The molecule has 0 radical (unpaired) electrons. The zero-order valence-electron chi connectivity index (χ0n) is 14.1. The number of rotatable bonds is 5. The van der Waals surface area contributed by atoms with Crippen LogP contribution in [0.5, 0.6) is 0 Å². The molecule has 2 aliphatic rings. The van der Waals surface area contributed by atoms with Crippen LogP contribution >= 0.6 is 0 Å². The first-order chi connectivity index (χ1) is 12.0. The quantitative estimate of drug-likeness (QED) is 0.791. The lowest BCUT2D eigenvalue weighted by Crippen LogP contribution is -2.43. The van der Waals surface area contributed by atoms with Gasteiger partial charge in [-0.25, -0.2) is 0 Å². The van der Waals surface area contributed by atoms with Gasteiger partial charge in [-0.2, -0.15) is 0 Å². The van der Waals surface area contributed by atoms with Gasteiger partial charge in [0.2, 0.25) is 11.8 Å². The van der Waals surface area contributed by atoms with Crippen molar-refractivity contribution in [1.29, 1.82) is 0 Å². The van der Waals surface area contributed by atoms with E-state index in [1.165, 1.54) is 6.08 Å². The molecule has 1 aromatic rings. The molecule has 3 N–H and O–H groups in total. The molecule has 0 unspecified atom stereocenters. The van der Waals surface area contributed by atoms with Gasteiger partial charge in [-0.3, -0.25) is 14.4 Å². The molecule has 0 aromatic heterocycles. The van der Waals surface area contributed by atoms with Crippen LogP contribution in [-0.2, 0) is 9.59 Å². The minimum atomic E-state index is -0.346. The molecule has 3 rings (SSSR count). The number of nitrogens with zero attached hydrogens (tertiary/aromatic N) is 1. The van der Waals surface area contributed by atoms with Crippen molar-refractivity contribution < 1.29 is 14.4 Å². The van der Waals surface area contributed by atoms with Gasteiger partial charge in [0.15, 0.2) is 0 Å². The molecule has 1 saturated carbocycles. The summed E-state index contributed by atoms with van der Waals surface area (Å²) >= 11 is 0. The highest BCUT2D eigenvalue weighted by atomic mass is 16.2. The van der Waals surface area contributed by atoms with Gasteiger partial charge in [0, 0.05) is 30.8 Å². The molecule has 1 aromatic carbocycles. The molecule has 6 heteroatoms. The Kier molecular flexibility index (Phi) is 5.16. The van der Waals surface area contributed by atoms with E-state index < -0.39 is 0 Å². The summed E-state index contributed by atoms with van der Waals surface area (Å²) in [5.74, 6) is -0.779. The largest absolute Gasteiger partial charge is 0.369 e. The normalized spacial score (nSPS) is 20.5. The lowest BCUT2D eigenvalue weighted by Gasteiger charge is -2.30. The van der Waals surface area contributed by atoms with Crippen LogP contribution in [0.2, 0.25) is 0 Å². The maximum atomic E-state index is 12.3. The van der Waals surface area contributed by atoms with E-state index in [0.29, 0.717) is 24.7 Å². The summed E-state index contributed by atoms with van der Waals surface area (Å²) in [4.78, 5) is 37.2. The first kappa shape index (κ1) is 17.2.